The zero-order valence-corrected chi connectivity index (χ0v) is 8.88. The number of benzene rings is 1. The van der Waals surface area contributed by atoms with Crippen LogP contribution in [-0.2, 0) is 0 Å². The summed E-state index contributed by atoms with van der Waals surface area (Å²) in [5.74, 6) is 0.480. The Kier molecular flexibility index (Phi) is 1.84. The average molecular weight is 233 g/mol. The highest BCUT2D eigenvalue weighted by Gasteiger charge is 2.12. The van der Waals surface area contributed by atoms with E-state index in [2.05, 4.69) is 10.2 Å². The lowest BCUT2D eigenvalue weighted by Gasteiger charge is -1.98. The molecule has 2 heterocycles. The summed E-state index contributed by atoms with van der Waals surface area (Å²) in [6.45, 7) is 0. The number of nitrogens with one attached hydrogen (secondary N) is 1. The first kappa shape index (κ1) is 9.17. The smallest absolute Gasteiger partial charge is 0.396 e. The molecule has 0 aliphatic rings. The molecule has 3 rings (SSSR count). The number of aromatic nitrogens is 2. The van der Waals surface area contributed by atoms with Crippen LogP contribution >= 0.6 is 11.3 Å². The molecule has 16 heavy (non-hydrogen) atoms. The number of aromatic amines is 1. The van der Waals surface area contributed by atoms with Crippen LogP contribution in [0.1, 0.15) is 0 Å². The molecular weight excluding hydrogens is 226 g/mol. The molecule has 0 atom stereocenters. The molecule has 80 valence electrons. The number of hydrogen-bond donors (Lipinski definition) is 2. The Bertz CT molecular complexity index is 710. The molecule has 2 aromatic heterocycles. The Morgan fingerprint density at radius 3 is 3.00 bits per heavy atom. The van der Waals surface area contributed by atoms with E-state index in [4.69, 9.17) is 10.2 Å². The second kappa shape index (κ2) is 3.21. The Balaban J connectivity index is 2.40. The van der Waals surface area contributed by atoms with Gasteiger partial charge in [-0.15, -0.1) is 0 Å². The van der Waals surface area contributed by atoms with E-state index in [0.29, 0.717) is 11.4 Å². The van der Waals surface area contributed by atoms with Gasteiger partial charge in [0.2, 0.25) is 0 Å². The van der Waals surface area contributed by atoms with E-state index in [1.165, 1.54) is 0 Å². The minimum atomic E-state index is -0.315. The van der Waals surface area contributed by atoms with Gasteiger partial charge in [-0.1, -0.05) is 23.5 Å². The molecule has 0 bridgehead atoms. The van der Waals surface area contributed by atoms with Crippen molar-refractivity contribution < 1.29 is 4.42 Å². The van der Waals surface area contributed by atoms with Gasteiger partial charge >= 0.3 is 4.94 Å². The summed E-state index contributed by atoms with van der Waals surface area (Å²) in [6, 6.07) is 5.46. The van der Waals surface area contributed by atoms with Crippen LogP contribution in [0.5, 0.6) is 0 Å². The Morgan fingerprint density at radius 1 is 1.38 bits per heavy atom. The fourth-order valence-electron chi connectivity index (χ4n) is 1.62. The van der Waals surface area contributed by atoms with Gasteiger partial charge in [-0.2, -0.15) is 5.10 Å². The fraction of sp³-hybridized carbons (Fsp3) is 0. The number of anilines is 1. The molecule has 0 aliphatic heterocycles. The van der Waals surface area contributed by atoms with Crippen molar-refractivity contribution in [3.63, 3.8) is 0 Å². The predicted octanol–water partition coefficient (Wildman–Crippen LogP) is 1.83. The average Bonchev–Trinajstić information content (AvgIpc) is 2.82. The molecule has 0 radical (unpaired) electrons. The Morgan fingerprint density at radius 2 is 2.25 bits per heavy atom. The number of nitrogen functional groups attached to an aromatic ring is 1. The largest absolute Gasteiger partial charge is 0.414 e. The second-order valence-corrected chi connectivity index (χ2v) is 4.23. The third-order valence-corrected chi connectivity index (χ3v) is 3.19. The van der Waals surface area contributed by atoms with Crippen molar-refractivity contribution in [3.8, 4) is 11.1 Å². The number of rotatable bonds is 1. The highest BCUT2D eigenvalue weighted by Crippen LogP contribution is 2.32. The molecule has 0 fully saturated rings. The monoisotopic (exact) mass is 233 g/mol. The maximum absolute atomic E-state index is 11.2. The van der Waals surface area contributed by atoms with Crippen molar-refractivity contribution in [2.75, 3.05) is 5.73 Å². The van der Waals surface area contributed by atoms with Crippen LogP contribution in [0.4, 0.5) is 5.82 Å². The van der Waals surface area contributed by atoms with E-state index >= 15 is 0 Å². The summed E-state index contributed by atoms with van der Waals surface area (Å²) in [6.07, 6.45) is 1.63. The van der Waals surface area contributed by atoms with Gasteiger partial charge in [0.25, 0.3) is 0 Å². The first-order valence-electron chi connectivity index (χ1n) is 4.57. The predicted molar refractivity (Wildman–Crippen MR) is 62.4 cm³/mol. The molecule has 1 aromatic carbocycles. The van der Waals surface area contributed by atoms with Gasteiger partial charge in [0.05, 0.1) is 10.9 Å². The summed E-state index contributed by atoms with van der Waals surface area (Å²) in [5, 5.41) is 6.52. The van der Waals surface area contributed by atoms with E-state index in [1.54, 1.807) is 12.3 Å². The first-order valence-corrected chi connectivity index (χ1v) is 5.39. The third-order valence-electron chi connectivity index (χ3n) is 2.32. The van der Waals surface area contributed by atoms with Gasteiger partial charge in [-0.05, 0) is 6.07 Å². The van der Waals surface area contributed by atoms with E-state index in [1.807, 2.05) is 12.1 Å². The van der Waals surface area contributed by atoms with Crippen LogP contribution in [0.2, 0.25) is 0 Å². The van der Waals surface area contributed by atoms with Crippen molar-refractivity contribution in [1.82, 2.24) is 10.2 Å². The van der Waals surface area contributed by atoms with Crippen LogP contribution in [0.3, 0.4) is 0 Å². The van der Waals surface area contributed by atoms with Crippen LogP contribution in [0, 0.1) is 0 Å². The summed E-state index contributed by atoms with van der Waals surface area (Å²) >= 11 is 1.07. The van der Waals surface area contributed by atoms with Crippen molar-refractivity contribution in [1.29, 1.82) is 0 Å². The van der Waals surface area contributed by atoms with Crippen LogP contribution in [0.15, 0.2) is 33.6 Å². The molecule has 3 N–H and O–H groups in total. The van der Waals surface area contributed by atoms with E-state index in [-0.39, 0.29) is 4.94 Å². The topological polar surface area (TPSA) is 84.9 Å². The molecule has 5 nitrogen and oxygen atoms in total. The molecule has 0 amide bonds. The van der Waals surface area contributed by atoms with Gasteiger partial charge in [-0.3, -0.25) is 5.10 Å². The SMILES string of the molecule is Nc1[nH]ncc1-c1cccc2oc(=O)sc12. The zero-order chi connectivity index (χ0) is 11.1. The zero-order valence-electron chi connectivity index (χ0n) is 8.06. The summed E-state index contributed by atoms with van der Waals surface area (Å²) < 4.78 is 5.83. The van der Waals surface area contributed by atoms with Crippen molar-refractivity contribution >= 4 is 27.4 Å². The normalized spacial score (nSPS) is 11.0. The fourth-order valence-corrected chi connectivity index (χ4v) is 2.41. The molecule has 0 spiro atoms. The van der Waals surface area contributed by atoms with Crippen molar-refractivity contribution in [2.24, 2.45) is 0 Å². The second-order valence-electron chi connectivity index (χ2n) is 3.28. The quantitative estimate of drug-likeness (QED) is 0.671. The minimum absolute atomic E-state index is 0.315. The standard InChI is InChI=1S/C10H7N3O2S/c11-9-6(4-12-13-9)5-2-1-3-7-8(5)16-10(14)15-7/h1-4H,(H3,11,12,13). The lowest BCUT2D eigenvalue weighted by atomic mass is 10.1. The maximum Gasteiger partial charge on any atom is 0.396 e. The van der Waals surface area contributed by atoms with Crippen molar-refractivity contribution in [2.45, 2.75) is 0 Å². The Labute approximate surface area is 93.5 Å². The van der Waals surface area contributed by atoms with E-state index in [0.717, 1.165) is 27.2 Å². The molecule has 0 aliphatic carbocycles. The van der Waals surface area contributed by atoms with Crippen LogP contribution < -0.4 is 10.7 Å². The highest BCUT2D eigenvalue weighted by molar-refractivity contribution is 7.16. The minimum Gasteiger partial charge on any atom is -0.414 e. The molecule has 0 saturated carbocycles. The van der Waals surface area contributed by atoms with Gasteiger partial charge in [0.15, 0.2) is 0 Å². The van der Waals surface area contributed by atoms with E-state index in [9.17, 15) is 4.79 Å². The molecule has 0 unspecified atom stereocenters. The van der Waals surface area contributed by atoms with Gasteiger partial charge in [0, 0.05) is 11.1 Å². The van der Waals surface area contributed by atoms with Gasteiger partial charge in [-0.25, -0.2) is 4.79 Å². The van der Waals surface area contributed by atoms with Crippen LogP contribution in [-0.4, -0.2) is 10.2 Å². The first-order chi connectivity index (χ1) is 7.75. The van der Waals surface area contributed by atoms with Crippen molar-refractivity contribution in [3.05, 3.63) is 34.1 Å². The number of hydrogen-bond acceptors (Lipinski definition) is 5. The van der Waals surface area contributed by atoms with Gasteiger partial charge < -0.3 is 10.2 Å². The van der Waals surface area contributed by atoms with Crippen LogP contribution in [0.25, 0.3) is 21.4 Å². The summed E-state index contributed by atoms with van der Waals surface area (Å²) in [4.78, 5) is 10.9. The lowest BCUT2D eigenvalue weighted by molar-refractivity contribution is 0.585. The van der Waals surface area contributed by atoms with E-state index < -0.39 is 0 Å². The molecule has 3 aromatic rings. The summed E-state index contributed by atoms with van der Waals surface area (Å²) in [7, 11) is 0. The number of nitrogens with two attached hydrogens (primary N) is 1. The number of fused-ring (bicyclic) bond motifs is 1. The third kappa shape index (κ3) is 1.24. The number of H-pyrrole nitrogens is 1. The molecule has 6 heteroatoms. The Hall–Kier alpha value is -2.08. The maximum atomic E-state index is 11.2. The molecular formula is C10H7N3O2S. The lowest BCUT2D eigenvalue weighted by Crippen LogP contribution is -1.87. The van der Waals surface area contributed by atoms with Gasteiger partial charge in [0.1, 0.15) is 11.4 Å². The summed E-state index contributed by atoms with van der Waals surface area (Å²) in [5.41, 5.74) is 7.97. The highest BCUT2D eigenvalue weighted by atomic mass is 32.1. The number of nitrogens with zero attached hydrogens (tertiary/aromatic N) is 1. The molecule has 0 saturated heterocycles.